The van der Waals surface area contributed by atoms with Crippen LogP contribution in [0.25, 0.3) is 0 Å². The number of rotatable bonds is 2. The second kappa shape index (κ2) is 5.81. The minimum Gasteiger partial charge on any atom is -0.375 e. The molecule has 0 spiro atoms. The molecule has 1 unspecified atom stereocenters. The van der Waals surface area contributed by atoms with Crippen LogP contribution in [0.4, 0.5) is 0 Å². The molecular weight excluding hydrogens is 330 g/mol. The molecule has 1 amide bonds. The van der Waals surface area contributed by atoms with Crippen molar-refractivity contribution < 1.29 is 9.53 Å². The Morgan fingerprint density at radius 1 is 1.53 bits per heavy atom. The first-order chi connectivity index (χ1) is 8.87. The average Bonchev–Trinajstić information content (AvgIpc) is 2.31. The molecule has 0 bridgehead atoms. The lowest BCUT2D eigenvalue weighted by Gasteiger charge is -2.35. The van der Waals surface area contributed by atoms with Crippen LogP contribution < -0.4 is 5.32 Å². The molecule has 0 aromatic heterocycles. The second-order valence-electron chi connectivity index (χ2n) is 5.40. The van der Waals surface area contributed by atoms with E-state index >= 15 is 0 Å². The Morgan fingerprint density at radius 2 is 2.26 bits per heavy atom. The number of carbonyl (C=O) groups excluding carboxylic acids is 1. The summed E-state index contributed by atoms with van der Waals surface area (Å²) < 4.78 is 6.37. The van der Waals surface area contributed by atoms with E-state index in [0.29, 0.717) is 17.2 Å². The topological polar surface area (TPSA) is 38.3 Å². The first kappa shape index (κ1) is 14.8. The largest absolute Gasteiger partial charge is 0.375 e. The summed E-state index contributed by atoms with van der Waals surface area (Å²) in [4.78, 5) is 12.2. The van der Waals surface area contributed by atoms with Gasteiger partial charge in [-0.3, -0.25) is 4.79 Å². The summed E-state index contributed by atoms with van der Waals surface area (Å²) in [5.74, 6) is -0.0694. The number of hydrogen-bond acceptors (Lipinski definition) is 2. The highest BCUT2D eigenvalue weighted by molar-refractivity contribution is 9.10. The fourth-order valence-electron chi connectivity index (χ4n) is 2.26. The van der Waals surface area contributed by atoms with E-state index in [1.807, 2.05) is 13.8 Å². The van der Waals surface area contributed by atoms with Gasteiger partial charge in [0.1, 0.15) is 0 Å². The lowest BCUT2D eigenvalue weighted by Crippen LogP contribution is -2.45. The monoisotopic (exact) mass is 345 g/mol. The standard InChI is InChI=1S/C14H17BrClNO2/c1-14(2)8-10(5-6-19-14)17-13(18)9-3-4-12(16)11(15)7-9/h3-4,7,10H,5-6,8H2,1-2H3,(H,17,18). The fourth-order valence-corrected chi connectivity index (χ4v) is 2.76. The van der Waals surface area contributed by atoms with Crippen LogP contribution in [0.2, 0.25) is 5.02 Å². The summed E-state index contributed by atoms with van der Waals surface area (Å²) in [7, 11) is 0. The predicted octanol–water partition coefficient (Wildman–Crippen LogP) is 3.79. The molecule has 1 saturated heterocycles. The number of benzene rings is 1. The van der Waals surface area contributed by atoms with Crippen LogP contribution >= 0.6 is 27.5 Å². The highest BCUT2D eigenvalue weighted by Gasteiger charge is 2.29. The normalized spacial score (nSPS) is 22.0. The van der Waals surface area contributed by atoms with Crippen LogP contribution in [-0.4, -0.2) is 24.2 Å². The molecular formula is C14H17BrClNO2. The molecule has 0 radical (unpaired) electrons. The van der Waals surface area contributed by atoms with Crippen molar-refractivity contribution in [2.75, 3.05) is 6.61 Å². The number of amides is 1. The molecule has 19 heavy (non-hydrogen) atoms. The molecule has 1 N–H and O–H groups in total. The van der Waals surface area contributed by atoms with Gasteiger partial charge in [-0.25, -0.2) is 0 Å². The van der Waals surface area contributed by atoms with Crippen LogP contribution in [0.1, 0.15) is 37.0 Å². The van der Waals surface area contributed by atoms with Crippen molar-refractivity contribution in [3.63, 3.8) is 0 Å². The number of nitrogens with one attached hydrogen (secondary N) is 1. The van der Waals surface area contributed by atoms with Gasteiger partial charge in [-0.1, -0.05) is 11.6 Å². The molecule has 1 aromatic carbocycles. The SMILES string of the molecule is CC1(C)CC(NC(=O)c2ccc(Cl)c(Br)c2)CCO1. The molecule has 1 aliphatic heterocycles. The zero-order chi connectivity index (χ0) is 14.0. The van der Waals surface area contributed by atoms with E-state index in [2.05, 4.69) is 21.2 Å². The number of halogens is 2. The van der Waals surface area contributed by atoms with Crippen molar-refractivity contribution in [3.8, 4) is 0 Å². The minimum atomic E-state index is -0.170. The van der Waals surface area contributed by atoms with E-state index < -0.39 is 0 Å². The molecule has 1 atom stereocenters. The molecule has 1 heterocycles. The molecule has 5 heteroatoms. The second-order valence-corrected chi connectivity index (χ2v) is 6.66. The first-order valence-electron chi connectivity index (χ1n) is 6.27. The Kier molecular flexibility index (Phi) is 4.54. The van der Waals surface area contributed by atoms with Crippen molar-refractivity contribution in [2.45, 2.75) is 38.3 Å². The molecule has 3 nitrogen and oxygen atoms in total. The first-order valence-corrected chi connectivity index (χ1v) is 7.44. The van der Waals surface area contributed by atoms with Crippen LogP contribution in [0.5, 0.6) is 0 Å². The van der Waals surface area contributed by atoms with Crippen molar-refractivity contribution in [1.29, 1.82) is 0 Å². The molecule has 1 aromatic rings. The Bertz CT molecular complexity index is 490. The fraction of sp³-hybridized carbons (Fsp3) is 0.500. The van der Waals surface area contributed by atoms with Gasteiger partial charge in [-0.15, -0.1) is 0 Å². The maximum absolute atomic E-state index is 12.2. The molecule has 1 aliphatic rings. The number of ether oxygens (including phenoxy) is 1. The quantitative estimate of drug-likeness (QED) is 0.885. The number of hydrogen-bond donors (Lipinski definition) is 1. The summed E-state index contributed by atoms with van der Waals surface area (Å²) in [6.07, 6.45) is 1.68. The van der Waals surface area contributed by atoms with Gasteiger partial charge in [0.25, 0.3) is 5.91 Å². The lowest BCUT2D eigenvalue weighted by molar-refractivity contribution is -0.0615. The Balaban J connectivity index is 2.02. The summed E-state index contributed by atoms with van der Waals surface area (Å²) in [5.41, 5.74) is 0.442. The van der Waals surface area contributed by atoms with E-state index in [4.69, 9.17) is 16.3 Å². The van der Waals surface area contributed by atoms with Crippen LogP contribution in [0, 0.1) is 0 Å². The average molecular weight is 347 g/mol. The molecule has 0 saturated carbocycles. The van der Waals surface area contributed by atoms with Gasteiger partial charge in [0, 0.05) is 22.7 Å². The highest BCUT2D eigenvalue weighted by Crippen LogP contribution is 2.25. The third-order valence-electron chi connectivity index (χ3n) is 3.21. The third-order valence-corrected chi connectivity index (χ3v) is 4.43. The lowest BCUT2D eigenvalue weighted by atomic mass is 9.94. The van der Waals surface area contributed by atoms with Crippen molar-refractivity contribution in [3.05, 3.63) is 33.3 Å². The Morgan fingerprint density at radius 3 is 2.89 bits per heavy atom. The molecule has 0 aliphatic carbocycles. The smallest absolute Gasteiger partial charge is 0.251 e. The molecule has 104 valence electrons. The molecule has 2 rings (SSSR count). The van der Waals surface area contributed by atoms with Crippen LogP contribution in [0.3, 0.4) is 0 Å². The van der Waals surface area contributed by atoms with Crippen LogP contribution in [-0.2, 0) is 4.74 Å². The van der Waals surface area contributed by atoms with Gasteiger partial charge < -0.3 is 10.1 Å². The van der Waals surface area contributed by atoms with E-state index in [0.717, 1.165) is 17.3 Å². The predicted molar refractivity (Wildman–Crippen MR) is 79.7 cm³/mol. The van der Waals surface area contributed by atoms with Gasteiger partial charge >= 0.3 is 0 Å². The van der Waals surface area contributed by atoms with Gasteiger partial charge in [0.2, 0.25) is 0 Å². The van der Waals surface area contributed by atoms with E-state index in [1.165, 1.54) is 0 Å². The van der Waals surface area contributed by atoms with E-state index in [9.17, 15) is 4.79 Å². The summed E-state index contributed by atoms with van der Waals surface area (Å²) in [6.45, 7) is 4.77. The third kappa shape index (κ3) is 3.94. The zero-order valence-electron chi connectivity index (χ0n) is 11.0. The van der Waals surface area contributed by atoms with Crippen molar-refractivity contribution >= 4 is 33.4 Å². The zero-order valence-corrected chi connectivity index (χ0v) is 13.3. The van der Waals surface area contributed by atoms with Gasteiger partial charge in [-0.2, -0.15) is 0 Å². The van der Waals surface area contributed by atoms with Crippen molar-refractivity contribution in [1.82, 2.24) is 5.32 Å². The molecule has 1 fully saturated rings. The Labute approximate surface area is 126 Å². The van der Waals surface area contributed by atoms with Gasteiger partial charge in [0.15, 0.2) is 0 Å². The Hall–Kier alpha value is -0.580. The van der Waals surface area contributed by atoms with E-state index in [-0.39, 0.29) is 17.6 Å². The minimum absolute atomic E-state index is 0.0694. The van der Waals surface area contributed by atoms with Gasteiger partial charge in [0.05, 0.1) is 10.6 Å². The highest BCUT2D eigenvalue weighted by atomic mass is 79.9. The number of carbonyl (C=O) groups is 1. The maximum Gasteiger partial charge on any atom is 0.251 e. The maximum atomic E-state index is 12.2. The van der Waals surface area contributed by atoms with Gasteiger partial charge in [-0.05, 0) is 60.8 Å². The summed E-state index contributed by atoms with van der Waals surface area (Å²) in [5, 5.41) is 3.66. The van der Waals surface area contributed by atoms with Crippen molar-refractivity contribution in [2.24, 2.45) is 0 Å². The van der Waals surface area contributed by atoms with E-state index in [1.54, 1.807) is 18.2 Å². The summed E-state index contributed by atoms with van der Waals surface area (Å²) >= 11 is 9.25. The van der Waals surface area contributed by atoms with Crippen LogP contribution in [0.15, 0.2) is 22.7 Å². The summed E-state index contributed by atoms with van der Waals surface area (Å²) in [6, 6.07) is 5.34.